The van der Waals surface area contributed by atoms with Gasteiger partial charge in [-0.25, -0.2) is 0 Å². The van der Waals surface area contributed by atoms with Crippen molar-refractivity contribution in [2.75, 3.05) is 0 Å². The molecule has 20 heavy (non-hydrogen) atoms. The number of hydrogen-bond acceptors (Lipinski definition) is 6. The number of fused-ring (bicyclic) bond motifs is 2. The Labute approximate surface area is 120 Å². The molecule has 6 nitrogen and oxygen atoms in total. The Bertz CT molecular complexity index is 886. The Morgan fingerprint density at radius 3 is 1.65 bits per heavy atom. The van der Waals surface area contributed by atoms with Crippen molar-refractivity contribution in [1.29, 1.82) is 0 Å². The van der Waals surface area contributed by atoms with Crippen LogP contribution in [0.3, 0.4) is 0 Å². The van der Waals surface area contributed by atoms with E-state index in [1.165, 1.54) is 23.1 Å². The molecule has 0 fully saturated rings. The van der Waals surface area contributed by atoms with E-state index < -0.39 is 0 Å². The number of rotatable bonds is 0. The summed E-state index contributed by atoms with van der Waals surface area (Å²) in [6.07, 6.45) is 6.63. The van der Waals surface area contributed by atoms with Gasteiger partial charge in [0.05, 0.1) is 0 Å². The molecule has 0 radical (unpaired) electrons. The first-order valence-corrected chi connectivity index (χ1v) is 7.14. The van der Waals surface area contributed by atoms with Crippen LogP contribution in [0.15, 0.2) is 46.5 Å². The Balaban J connectivity index is 0.000000121. The number of aromatic nitrogens is 4. The molecule has 0 aliphatic rings. The topological polar surface area (TPSA) is 91.5 Å². The number of hydrogen-bond donors (Lipinski definition) is 2. The molecule has 0 amide bonds. The van der Waals surface area contributed by atoms with Crippen molar-refractivity contribution in [3.8, 4) is 0 Å². The molecule has 2 N–H and O–H groups in total. The highest BCUT2D eigenvalue weighted by Crippen LogP contribution is 2.11. The summed E-state index contributed by atoms with van der Waals surface area (Å²) >= 11 is 2.44. The molecule has 0 saturated heterocycles. The molecule has 0 atom stereocenters. The molecule has 4 heterocycles. The van der Waals surface area contributed by atoms with Gasteiger partial charge in [-0.1, -0.05) is 0 Å². The molecule has 0 aliphatic heterocycles. The lowest BCUT2D eigenvalue weighted by Crippen LogP contribution is -2.01. The maximum atomic E-state index is 11.0. The van der Waals surface area contributed by atoms with Crippen LogP contribution in [0.25, 0.3) is 20.2 Å². The van der Waals surface area contributed by atoms with Gasteiger partial charge in [0.2, 0.25) is 0 Å². The van der Waals surface area contributed by atoms with E-state index in [-0.39, 0.29) is 11.1 Å². The van der Waals surface area contributed by atoms with Gasteiger partial charge in [0.15, 0.2) is 0 Å². The minimum absolute atomic E-state index is 0.0556. The second kappa shape index (κ2) is 5.35. The summed E-state index contributed by atoms with van der Waals surface area (Å²) in [5, 5.41) is 1.82. The van der Waals surface area contributed by atoms with Crippen LogP contribution in [-0.4, -0.2) is 18.7 Å². The molecule has 0 aliphatic carbocycles. The average molecular weight is 304 g/mol. The number of aromatic amines is 2. The first-order valence-electron chi connectivity index (χ1n) is 5.60. The van der Waals surface area contributed by atoms with Crippen molar-refractivity contribution in [3.63, 3.8) is 0 Å². The monoisotopic (exact) mass is 304 g/mol. The highest BCUT2D eigenvalue weighted by atomic mass is 32.1. The van der Waals surface area contributed by atoms with E-state index in [4.69, 9.17) is 0 Å². The van der Waals surface area contributed by atoms with Gasteiger partial charge in [0.1, 0.15) is 9.40 Å². The Morgan fingerprint density at radius 2 is 1.25 bits per heavy atom. The van der Waals surface area contributed by atoms with Gasteiger partial charge in [-0.05, 0) is 35.2 Å². The van der Waals surface area contributed by atoms with E-state index in [1.807, 2.05) is 12.1 Å². The van der Waals surface area contributed by atoms with Gasteiger partial charge in [0.25, 0.3) is 11.1 Å². The van der Waals surface area contributed by atoms with E-state index in [0.717, 1.165) is 10.8 Å². The highest BCUT2D eigenvalue weighted by Gasteiger charge is 1.97. The van der Waals surface area contributed by atoms with Crippen molar-refractivity contribution >= 4 is 43.2 Å². The van der Waals surface area contributed by atoms with Crippen LogP contribution in [0.5, 0.6) is 0 Å². The van der Waals surface area contributed by atoms with Gasteiger partial charge in [-0.15, -0.1) is 0 Å². The predicted molar refractivity (Wildman–Crippen MR) is 80.5 cm³/mol. The standard InChI is InChI=1S/2C6H4N2OS/c2*9-6-5-4(1-2-7-6)3-8-10-5/h2*1-3H,(H,7,9). The fourth-order valence-corrected chi connectivity index (χ4v) is 2.90. The van der Waals surface area contributed by atoms with E-state index in [9.17, 15) is 9.59 Å². The van der Waals surface area contributed by atoms with Gasteiger partial charge in [0, 0.05) is 35.6 Å². The zero-order chi connectivity index (χ0) is 13.9. The summed E-state index contributed by atoms with van der Waals surface area (Å²) in [6.45, 7) is 0. The van der Waals surface area contributed by atoms with Crippen LogP contribution in [0.2, 0.25) is 0 Å². The number of nitrogens with one attached hydrogen (secondary N) is 2. The van der Waals surface area contributed by atoms with Gasteiger partial charge in [-0.2, -0.15) is 8.75 Å². The van der Waals surface area contributed by atoms with Crippen LogP contribution < -0.4 is 11.1 Å². The largest absolute Gasteiger partial charge is 0.328 e. The SMILES string of the molecule is O=c1[nH]ccc2cnsc12.O=c1[nH]ccc2cnsc12. The lowest BCUT2D eigenvalue weighted by molar-refractivity contribution is 1.29. The fraction of sp³-hybridized carbons (Fsp3) is 0. The molecule has 8 heteroatoms. The molecule has 4 aromatic heterocycles. The van der Waals surface area contributed by atoms with Crippen molar-refractivity contribution in [3.05, 3.63) is 57.6 Å². The van der Waals surface area contributed by atoms with E-state index >= 15 is 0 Å². The Hall–Kier alpha value is -2.32. The summed E-state index contributed by atoms with van der Waals surface area (Å²) in [7, 11) is 0. The average Bonchev–Trinajstić information content (AvgIpc) is 3.08. The third-order valence-corrected chi connectivity index (χ3v) is 4.19. The van der Waals surface area contributed by atoms with Crippen molar-refractivity contribution in [1.82, 2.24) is 18.7 Å². The van der Waals surface area contributed by atoms with Gasteiger partial charge >= 0.3 is 0 Å². The second-order valence-electron chi connectivity index (χ2n) is 3.83. The summed E-state index contributed by atoms with van der Waals surface area (Å²) in [5.74, 6) is 0. The molecule has 4 rings (SSSR count). The Morgan fingerprint density at radius 1 is 0.800 bits per heavy atom. The van der Waals surface area contributed by atoms with E-state index in [0.29, 0.717) is 9.40 Å². The minimum Gasteiger partial charge on any atom is -0.328 e. The van der Waals surface area contributed by atoms with Crippen molar-refractivity contribution in [2.45, 2.75) is 0 Å². The smallest absolute Gasteiger partial charge is 0.267 e. The first kappa shape index (κ1) is 12.7. The van der Waals surface area contributed by atoms with Crippen LogP contribution in [0.1, 0.15) is 0 Å². The van der Waals surface area contributed by atoms with E-state index in [1.54, 1.807) is 24.8 Å². The predicted octanol–water partition coefficient (Wildman–Crippen LogP) is 1.97. The molecule has 100 valence electrons. The Kier molecular flexibility index (Phi) is 3.40. The molecular weight excluding hydrogens is 296 g/mol. The molecule has 0 bridgehead atoms. The molecule has 0 aromatic carbocycles. The first-order chi connectivity index (χ1) is 9.75. The van der Waals surface area contributed by atoms with E-state index in [2.05, 4.69) is 18.7 Å². The molecule has 0 spiro atoms. The maximum absolute atomic E-state index is 11.0. The zero-order valence-electron chi connectivity index (χ0n) is 9.99. The third-order valence-electron chi connectivity index (χ3n) is 2.56. The summed E-state index contributed by atoms with van der Waals surface area (Å²) in [4.78, 5) is 27.1. The second-order valence-corrected chi connectivity index (χ2v) is 5.44. The number of H-pyrrole nitrogens is 2. The highest BCUT2D eigenvalue weighted by molar-refractivity contribution is 7.13. The zero-order valence-corrected chi connectivity index (χ0v) is 11.6. The minimum atomic E-state index is -0.0556. The van der Waals surface area contributed by atoms with Crippen molar-refractivity contribution in [2.24, 2.45) is 0 Å². The van der Waals surface area contributed by atoms with Crippen LogP contribution in [-0.2, 0) is 0 Å². The van der Waals surface area contributed by atoms with Crippen LogP contribution >= 0.6 is 23.1 Å². The summed E-state index contributed by atoms with van der Waals surface area (Å²) < 4.78 is 9.16. The van der Waals surface area contributed by atoms with Gasteiger partial charge < -0.3 is 9.97 Å². The maximum Gasteiger partial charge on any atom is 0.267 e. The van der Waals surface area contributed by atoms with Crippen LogP contribution in [0, 0.1) is 0 Å². The summed E-state index contributed by atoms with van der Waals surface area (Å²) in [5.41, 5.74) is -0.111. The molecule has 0 saturated carbocycles. The molecule has 0 unspecified atom stereocenters. The number of pyridine rings is 2. The normalized spacial score (nSPS) is 10.4. The quantitative estimate of drug-likeness (QED) is 0.519. The van der Waals surface area contributed by atoms with Crippen molar-refractivity contribution < 1.29 is 0 Å². The molecular formula is C12H8N4O2S2. The molecule has 4 aromatic rings. The van der Waals surface area contributed by atoms with Gasteiger partial charge in [-0.3, -0.25) is 9.59 Å². The lowest BCUT2D eigenvalue weighted by Gasteiger charge is -1.81. The number of nitrogens with zero attached hydrogens (tertiary/aromatic N) is 2. The third kappa shape index (κ3) is 2.38. The van der Waals surface area contributed by atoms with Crippen LogP contribution in [0.4, 0.5) is 0 Å². The fourth-order valence-electron chi connectivity index (χ4n) is 1.62. The lowest BCUT2D eigenvalue weighted by atomic mass is 10.4. The summed E-state index contributed by atoms with van der Waals surface area (Å²) in [6, 6.07) is 3.67.